The minimum Gasteiger partial charge on any atom is -0.365 e. The van der Waals surface area contributed by atoms with Crippen molar-refractivity contribution in [1.82, 2.24) is 4.98 Å². The molecule has 0 unspecified atom stereocenters. The number of pyridine rings is 2. The van der Waals surface area contributed by atoms with Crippen LogP contribution in [-0.2, 0) is 0 Å². The highest BCUT2D eigenvalue weighted by molar-refractivity contribution is 5.98. The Morgan fingerprint density at radius 2 is 1.96 bits per heavy atom. The molecule has 1 fully saturated rings. The van der Waals surface area contributed by atoms with E-state index in [9.17, 15) is 18.8 Å². The van der Waals surface area contributed by atoms with Crippen LogP contribution in [-0.4, -0.2) is 28.2 Å². The molecule has 8 nitrogen and oxygen atoms in total. The van der Waals surface area contributed by atoms with Crippen LogP contribution >= 0.6 is 0 Å². The lowest BCUT2D eigenvalue weighted by atomic mass is 9.91. The van der Waals surface area contributed by atoms with E-state index in [0.29, 0.717) is 4.73 Å². The third kappa shape index (κ3) is 4.40. The monoisotopic (exact) mass is 379 g/mol. The maximum absolute atomic E-state index is 14.4. The summed E-state index contributed by atoms with van der Waals surface area (Å²) in [6.45, 7) is 0. The lowest BCUT2D eigenvalue weighted by Crippen LogP contribution is -2.43. The summed E-state index contributed by atoms with van der Waals surface area (Å²) in [5.41, 5.74) is 11.3. The molecule has 0 aliphatic heterocycles. The van der Waals surface area contributed by atoms with E-state index in [1.54, 1.807) is 0 Å². The Morgan fingerprint density at radius 1 is 1.22 bits per heavy atom. The van der Waals surface area contributed by atoms with E-state index < -0.39 is 17.5 Å². The number of rotatable bonds is 5. The van der Waals surface area contributed by atoms with Gasteiger partial charge in [-0.05, 0) is 18.9 Å². The van der Waals surface area contributed by atoms with Crippen LogP contribution in [0.1, 0.15) is 36.0 Å². The molecule has 2 aromatic rings. The number of hydrogen-bond donors (Lipinski definition) is 5. The maximum atomic E-state index is 14.4. The number of hydrogen-bond acceptors (Lipinski definition) is 6. The van der Waals surface area contributed by atoms with Gasteiger partial charge in [0, 0.05) is 22.9 Å². The van der Waals surface area contributed by atoms with Gasteiger partial charge in [-0.25, -0.2) is 13.8 Å². The van der Waals surface area contributed by atoms with E-state index in [1.165, 1.54) is 0 Å². The van der Waals surface area contributed by atoms with Crippen molar-refractivity contribution < 1.29 is 23.5 Å². The number of carbonyl (C=O) groups is 1. The molecule has 144 valence electrons. The molecule has 0 saturated heterocycles. The highest BCUT2D eigenvalue weighted by Gasteiger charge is 2.24. The van der Waals surface area contributed by atoms with Crippen LogP contribution in [0.15, 0.2) is 24.5 Å². The van der Waals surface area contributed by atoms with Crippen LogP contribution in [0.3, 0.4) is 0 Å². The third-order valence-corrected chi connectivity index (χ3v) is 4.47. The highest BCUT2D eigenvalue weighted by atomic mass is 19.1. The zero-order valence-corrected chi connectivity index (χ0v) is 14.5. The Labute approximate surface area is 154 Å². The van der Waals surface area contributed by atoms with E-state index in [0.717, 1.165) is 50.2 Å². The SMILES string of the molecule is NC(=O)c1cc(F)c(N[C@@H]2CCCC[C@@H]2N)nc1Nc1cc(F)c[n+](O)c1. The second-order valence-electron chi connectivity index (χ2n) is 6.53. The van der Waals surface area contributed by atoms with Gasteiger partial charge < -0.3 is 22.1 Å². The largest absolute Gasteiger partial charge is 0.365 e. The number of halogens is 2. The van der Waals surface area contributed by atoms with Crippen molar-refractivity contribution in [2.45, 2.75) is 37.8 Å². The van der Waals surface area contributed by atoms with Crippen LogP contribution in [0.25, 0.3) is 0 Å². The lowest BCUT2D eigenvalue weighted by Gasteiger charge is -2.30. The van der Waals surface area contributed by atoms with Crippen molar-refractivity contribution >= 4 is 23.2 Å². The Morgan fingerprint density at radius 3 is 2.63 bits per heavy atom. The lowest BCUT2D eigenvalue weighted by molar-refractivity contribution is -0.905. The minimum absolute atomic E-state index is 0.0682. The first-order chi connectivity index (χ1) is 12.8. The average molecular weight is 379 g/mol. The number of amides is 1. The van der Waals surface area contributed by atoms with Crippen molar-refractivity contribution in [3.05, 3.63) is 41.7 Å². The van der Waals surface area contributed by atoms with Crippen molar-refractivity contribution in [3.63, 3.8) is 0 Å². The van der Waals surface area contributed by atoms with E-state index >= 15 is 0 Å². The fraction of sp³-hybridized carbons (Fsp3) is 0.353. The van der Waals surface area contributed by atoms with Gasteiger partial charge in [0.15, 0.2) is 17.5 Å². The number of carbonyl (C=O) groups excluding carboxylic acids is 1. The summed E-state index contributed by atoms with van der Waals surface area (Å²) < 4.78 is 28.4. The zero-order chi connectivity index (χ0) is 19.6. The average Bonchev–Trinajstić information content (AvgIpc) is 2.58. The molecule has 0 radical (unpaired) electrons. The summed E-state index contributed by atoms with van der Waals surface area (Å²) in [7, 11) is 0. The Hall–Kier alpha value is -3.01. The van der Waals surface area contributed by atoms with Crippen LogP contribution in [0.5, 0.6) is 0 Å². The van der Waals surface area contributed by atoms with Crippen molar-refractivity contribution in [3.8, 4) is 0 Å². The quantitative estimate of drug-likeness (QED) is 0.394. The molecule has 0 bridgehead atoms. The van der Waals surface area contributed by atoms with Gasteiger partial charge in [-0.2, -0.15) is 0 Å². The van der Waals surface area contributed by atoms with Gasteiger partial charge in [0.25, 0.3) is 12.1 Å². The fourth-order valence-corrected chi connectivity index (χ4v) is 3.12. The summed E-state index contributed by atoms with van der Waals surface area (Å²) >= 11 is 0. The molecule has 1 amide bonds. The van der Waals surface area contributed by atoms with Crippen LogP contribution in [0, 0.1) is 11.6 Å². The molecule has 0 aromatic carbocycles. The number of nitrogens with one attached hydrogen (secondary N) is 2. The molecule has 10 heteroatoms. The number of nitrogens with two attached hydrogens (primary N) is 2. The second kappa shape index (κ2) is 7.70. The number of primary amides is 1. The Bertz CT molecular complexity index is 843. The van der Waals surface area contributed by atoms with Crippen molar-refractivity contribution in [2.75, 3.05) is 10.6 Å². The summed E-state index contributed by atoms with van der Waals surface area (Å²) in [6.07, 6.45) is 5.58. The predicted octanol–water partition coefficient (Wildman–Crippen LogP) is 1.41. The van der Waals surface area contributed by atoms with Crippen molar-refractivity contribution in [2.24, 2.45) is 11.5 Å². The third-order valence-electron chi connectivity index (χ3n) is 4.47. The molecule has 2 aromatic heterocycles. The normalized spacial score (nSPS) is 19.5. The van der Waals surface area contributed by atoms with Crippen molar-refractivity contribution in [1.29, 1.82) is 0 Å². The summed E-state index contributed by atoms with van der Waals surface area (Å²) in [4.78, 5) is 15.8. The second-order valence-corrected chi connectivity index (χ2v) is 6.53. The Balaban J connectivity index is 1.94. The van der Waals surface area contributed by atoms with E-state index in [1.807, 2.05) is 0 Å². The van der Waals surface area contributed by atoms with Gasteiger partial charge in [-0.3, -0.25) is 10.0 Å². The molecule has 1 aliphatic carbocycles. The first kappa shape index (κ1) is 18.8. The van der Waals surface area contributed by atoms with E-state index in [4.69, 9.17) is 11.5 Å². The van der Waals surface area contributed by atoms with Gasteiger partial charge in [0.05, 0.1) is 5.56 Å². The molecule has 1 saturated carbocycles. The molecule has 3 rings (SSSR count). The maximum Gasteiger partial charge on any atom is 0.257 e. The molecule has 2 atom stereocenters. The van der Waals surface area contributed by atoms with E-state index in [-0.39, 0.29) is 35.0 Å². The van der Waals surface area contributed by atoms with Gasteiger partial charge in [-0.1, -0.05) is 12.8 Å². The fourth-order valence-electron chi connectivity index (χ4n) is 3.12. The van der Waals surface area contributed by atoms with Gasteiger partial charge in [0.2, 0.25) is 6.20 Å². The summed E-state index contributed by atoms with van der Waals surface area (Å²) in [5, 5.41) is 15.1. The summed E-state index contributed by atoms with van der Waals surface area (Å²) in [5.74, 6) is -2.53. The topological polar surface area (TPSA) is 130 Å². The predicted molar refractivity (Wildman–Crippen MR) is 93.6 cm³/mol. The number of aromatic nitrogens is 2. The molecular formula is C17H21F2N6O2+. The minimum atomic E-state index is -0.905. The van der Waals surface area contributed by atoms with Crippen LogP contribution < -0.4 is 26.8 Å². The van der Waals surface area contributed by atoms with Gasteiger partial charge in [-0.15, -0.1) is 0 Å². The number of anilines is 3. The van der Waals surface area contributed by atoms with E-state index in [2.05, 4.69) is 15.6 Å². The smallest absolute Gasteiger partial charge is 0.257 e. The summed E-state index contributed by atoms with van der Waals surface area (Å²) in [6, 6.07) is 1.75. The molecular weight excluding hydrogens is 358 g/mol. The molecule has 7 N–H and O–H groups in total. The van der Waals surface area contributed by atoms with Crippen LogP contribution in [0.2, 0.25) is 0 Å². The highest BCUT2D eigenvalue weighted by Crippen LogP contribution is 2.26. The first-order valence-corrected chi connectivity index (χ1v) is 8.54. The first-order valence-electron chi connectivity index (χ1n) is 8.54. The van der Waals surface area contributed by atoms with Gasteiger partial charge in [0.1, 0.15) is 11.5 Å². The van der Waals surface area contributed by atoms with Crippen LogP contribution in [0.4, 0.5) is 26.1 Å². The zero-order valence-electron chi connectivity index (χ0n) is 14.5. The molecule has 0 spiro atoms. The molecule has 1 aliphatic rings. The standard InChI is InChI=1S/C17H20F2N6O2/c18-9-5-10(8-25(27)7-9)22-16-11(15(21)26)6-12(19)17(24-16)23-14-4-2-1-3-13(14)20/h5-8,13-14H,1-4,20H2,(H4-,21,22,23,24,26,27)/p+1/t13-,14+/m0/s1. The molecule has 2 heterocycles. The molecule has 27 heavy (non-hydrogen) atoms. The van der Waals surface area contributed by atoms with Gasteiger partial charge >= 0.3 is 0 Å². The Kier molecular flexibility index (Phi) is 5.36. The number of nitrogens with zero attached hydrogens (tertiary/aromatic N) is 2.